The molecule has 0 amide bonds. The van der Waals surface area contributed by atoms with Gasteiger partial charge in [-0.1, -0.05) is 25.6 Å². The lowest BCUT2D eigenvalue weighted by molar-refractivity contribution is 0.363. The number of amidine groups is 1. The highest BCUT2D eigenvalue weighted by molar-refractivity contribution is 8.13. The van der Waals surface area contributed by atoms with Gasteiger partial charge in [0.1, 0.15) is 0 Å². The van der Waals surface area contributed by atoms with Crippen LogP contribution >= 0.6 is 11.8 Å². The summed E-state index contributed by atoms with van der Waals surface area (Å²) in [5, 5.41) is 9.45. The Morgan fingerprint density at radius 1 is 1.64 bits per heavy atom. The van der Waals surface area contributed by atoms with Crippen molar-refractivity contribution in [3.8, 4) is 6.19 Å². The van der Waals surface area contributed by atoms with Gasteiger partial charge in [0.2, 0.25) is 6.19 Å². The second-order valence-corrected chi connectivity index (χ2v) is 4.75. The van der Waals surface area contributed by atoms with Crippen molar-refractivity contribution < 1.29 is 0 Å². The van der Waals surface area contributed by atoms with E-state index in [2.05, 4.69) is 23.7 Å². The quantitative estimate of drug-likeness (QED) is 0.408. The molecule has 0 aromatic rings. The number of hydrogen-bond donors (Lipinski definition) is 0. The van der Waals surface area contributed by atoms with E-state index in [-0.39, 0.29) is 0 Å². The van der Waals surface area contributed by atoms with E-state index in [9.17, 15) is 0 Å². The fourth-order valence-corrected chi connectivity index (χ4v) is 2.02. The highest BCUT2D eigenvalue weighted by atomic mass is 32.2. The molecule has 14 heavy (non-hydrogen) atoms. The lowest BCUT2D eigenvalue weighted by Crippen LogP contribution is -2.34. The normalized spacial score (nSPS) is 16.9. The Morgan fingerprint density at radius 2 is 2.29 bits per heavy atom. The van der Waals surface area contributed by atoms with Gasteiger partial charge in [0, 0.05) is 12.6 Å². The number of thioether (sulfide) groups is 1. The smallest absolute Gasteiger partial charge is 0.208 e. The van der Waals surface area contributed by atoms with Crippen LogP contribution in [0.25, 0.3) is 0 Å². The van der Waals surface area contributed by atoms with Crippen LogP contribution in [0.2, 0.25) is 0 Å². The zero-order valence-electron chi connectivity index (χ0n) is 9.03. The number of nitriles is 1. The molecule has 0 atom stereocenters. The molecule has 0 radical (unpaired) electrons. The molecule has 0 bridgehead atoms. The monoisotopic (exact) mass is 211 g/mol. The molecule has 0 unspecified atom stereocenters. The van der Waals surface area contributed by atoms with Gasteiger partial charge in [-0.3, -0.25) is 0 Å². The zero-order chi connectivity index (χ0) is 10.6. The molecule has 0 saturated heterocycles. The van der Waals surface area contributed by atoms with Crippen LogP contribution in [-0.2, 0) is 0 Å². The molecule has 0 heterocycles. The molecule has 0 spiro atoms. The van der Waals surface area contributed by atoms with Gasteiger partial charge in [0.05, 0.1) is 0 Å². The van der Waals surface area contributed by atoms with Crippen molar-refractivity contribution in [3.63, 3.8) is 0 Å². The van der Waals surface area contributed by atoms with Crippen molar-refractivity contribution in [2.75, 3.05) is 12.8 Å². The average Bonchev–Trinajstić information content (AvgIpc) is 2.93. The predicted molar refractivity (Wildman–Crippen MR) is 61.1 cm³/mol. The summed E-state index contributed by atoms with van der Waals surface area (Å²) >= 11 is 1.57. The number of nitrogens with zero attached hydrogens (tertiary/aromatic N) is 3. The SMILES string of the molecule is CSC(=NC#N)N(CC(C)C)C1CC1. The largest absolute Gasteiger partial charge is 0.347 e. The van der Waals surface area contributed by atoms with Crippen LogP contribution in [0.1, 0.15) is 26.7 Å². The van der Waals surface area contributed by atoms with Crippen LogP contribution in [0.15, 0.2) is 4.99 Å². The van der Waals surface area contributed by atoms with Crippen LogP contribution in [-0.4, -0.2) is 28.9 Å². The van der Waals surface area contributed by atoms with Gasteiger partial charge in [-0.05, 0) is 25.0 Å². The van der Waals surface area contributed by atoms with E-state index >= 15 is 0 Å². The molecule has 1 saturated carbocycles. The van der Waals surface area contributed by atoms with E-state index in [1.807, 2.05) is 12.4 Å². The molecule has 1 aliphatic rings. The fraction of sp³-hybridized carbons (Fsp3) is 0.800. The number of aliphatic imine (C=N–C) groups is 1. The molecule has 0 aromatic carbocycles. The lowest BCUT2D eigenvalue weighted by Gasteiger charge is -2.25. The molecule has 1 rings (SSSR count). The Labute approximate surface area is 90.2 Å². The van der Waals surface area contributed by atoms with Gasteiger partial charge in [-0.25, -0.2) is 0 Å². The van der Waals surface area contributed by atoms with Crippen molar-refractivity contribution >= 4 is 16.9 Å². The van der Waals surface area contributed by atoms with Crippen molar-refractivity contribution in [3.05, 3.63) is 0 Å². The van der Waals surface area contributed by atoms with Crippen LogP contribution in [0.4, 0.5) is 0 Å². The maximum Gasteiger partial charge on any atom is 0.208 e. The van der Waals surface area contributed by atoms with Gasteiger partial charge >= 0.3 is 0 Å². The predicted octanol–water partition coefficient (Wildman–Crippen LogP) is 2.31. The summed E-state index contributed by atoms with van der Waals surface area (Å²) in [6, 6.07) is 0.636. The van der Waals surface area contributed by atoms with Gasteiger partial charge in [0.15, 0.2) is 5.17 Å². The van der Waals surface area contributed by atoms with Crippen LogP contribution < -0.4 is 0 Å². The van der Waals surface area contributed by atoms with Crippen molar-refractivity contribution in [2.24, 2.45) is 10.9 Å². The van der Waals surface area contributed by atoms with E-state index in [1.165, 1.54) is 12.8 Å². The molecule has 0 N–H and O–H groups in total. The highest BCUT2D eigenvalue weighted by Gasteiger charge is 2.31. The van der Waals surface area contributed by atoms with Crippen LogP contribution in [0, 0.1) is 17.4 Å². The first-order valence-corrected chi connectivity index (χ1v) is 6.19. The van der Waals surface area contributed by atoms with Gasteiger partial charge < -0.3 is 4.90 Å². The summed E-state index contributed by atoms with van der Waals surface area (Å²) in [5.74, 6) is 0.617. The maximum atomic E-state index is 8.58. The Bertz CT molecular complexity index is 251. The standard InChI is InChI=1S/C10H17N3S/c1-8(2)6-13(9-4-5-9)10(14-3)12-7-11/h8-9H,4-6H2,1-3H3. The summed E-state index contributed by atoms with van der Waals surface area (Å²) in [4.78, 5) is 6.14. The van der Waals surface area contributed by atoms with E-state index in [0.29, 0.717) is 12.0 Å². The third-order valence-corrected chi connectivity index (χ3v) is 2.81. The molecule has 0 aliphatic heterocycles. The van der Waals surface area contributed by atoms with Crippen molar-refractivity contribution in [2.45, 2.75) is 32.7 Å². The summed E-state index contributed by atoms with van der Waals surface area (Å²) in [7, 11) is 0. The summed E-state index contributed by atoms with van der Waals surface area (Å²) in [6.45, 7) is 5.39. The summed E-state index contributed by atoms with van der Waals surface area (Å²) < 4.78 is 0. The second kappa shape index (κ2) is 5.26. The fourth-order valence-electron chi connectivity index (χ4n) is 1.43. The molecule has 4 heteroatoms. The first-order valence-electron chi connectivity index (χ1n) is 4.96. The molecular formula is C10H17N3S. The van der Waals surface area contributed by atoms with Crippen LogP contribution in [0.5, 0.6) is 0 Å². The first-order chi connectivity index (χ1) is 6.69. The van der Waals surface area contributed by atoms with E-state index in [0.717, 1.165) is 11.7 Å². The van der Waals surface area contributed by atoms with Gasteiger partial charge in [0.25, 0.3) is 0 Å². The topological polar surface area (TPSA) is 39.4 Å². The Balaban J connectivity index is 2.65. The Kier molecular flexibility index (Phi) is 4.27. The maximum absolute atomic E-state index is 8.58. The van der Waals surface area contributed by atoms with Gasteiger partial charge in [-0.2, -0.15) is 5.26 Å². The first kappa shape index (κ1) is 11.4. The minimum absolute atomic E-state index is 0.617. The molecule has 1 aliphatic carbocycles. The summed E-state index contributed by atoms with van der Waals surface area (Å²) in [5.41, 5.74) is 0. The minimum Gasteiger partial charge on any atom is -0.347 e. The van der Waals surface area contributed by atoms with E-state index in [1.54, 1.807) is 11.8 Å². The highest BCUT2D eigenvalue weighted by Crippen LogP contribution is 2.29. The number of hydrogen-bond acceptors (Lipinski definition) is 3. The van der Waals surface area contributed by atoms with Crippen molar-refractivity contribution in [1.29, 1.82) is 5.26 Å². The average molecular weight is 211 g/mol. The van der Waals surface area contributed by atoms with E-state index < -0.39 is 0 Å². The summed E-state index contributed by atoms with van der Waals surface area (Å²) in [6.07, 6.45) is 6.35. The minimum atomic E-state index is 0.617. The molecular weight excluding hydrogens is 194 g/mol. The Morgan fingerprint density at radius 3 is 2.64 bits per heavy atom. The van der Waals surface area contributed by atoms with Crippen molar-refractivity contribution in [1.82, 2.24) is 4.90 Å². The Hall–Kier alpha value is -0.690. The third-order valence-electron chi connectivity index (χ3n) is 2.12. The second-order valence-electron chi connectivity index (χ2n) is 3.98. The molecule has 1 fully saturated rings. The number of rotatable bonds is 3. The lowest BCUT2D eigenvalue weighted by atomic mass is 10.2. The molecule has 0 aromatic heterocycles. The molecule has 3 nitrogen and oxygen atoms in total. The van der Waals surface area contributed by atoms with Crippen LogP contribution in [0.3, 0.4) is 0 Å². The third kappa shape index (κ3) is 3.22. The van der Waals surface area contributed by atoms with Gasteiger partial charge in [-0.15, -0.1) is 4.99 Å². The van der Waals surface area contributed by atoms with E-state index in [4.69, 9.17) is 5.26 Å². The molecule has 78 valence electrons. The zero-order valence-corrected chi connectivity index (χ0v) is 9.84.